The van der Waals surface area contributed by atoms with E-state index in [9.17, 15) is 14.4 Å². The molecule has 0 aromatic carbocycles. The van der Waals surface area contributed by atoms with E-state index in [1.807, 2.05) is 6.92 Å². The van der Waals surface area contributed by atoms with Crippen LogP contribution < -0.4 is 5.32 Å². The van der Waals surface area contributed by atoms with Crippen molar-refractivity contribution in [1.82, 2.24) is 15.2 Å². The Labute approximate surface area is 104 Å². The molecule has 1 aromatic heterocycles. The van der Waals surface area contributed by atoms with Crippen molar-refractivity contribution in [3.8, 4) is 0 Å². The van der Waals surface area contributed by atoms with E-state index in [2.05, 4.69) is 10.3 Å². The van der Waals surface area contributed by atoms with E-state index in [4.69, 9.17) is 0 Å². The topological polar surface area (TPSA) is 79.4 Å². The maximum Gasteiger partial charge on any atom is 0.280 e. The molecular weight excluding hydrogens is 234 g/mol. The zero-order valence-electron chi connectivity index (χ0n) is 9.97. The molecule has 2 rings (SSSR count). The number of nitrogens with zero attached hydrogens (tertiary/aromatic N) is 2. The van der Waals surface area contributed by atoms with Gasteiger partial charge in [-0.1, -0.05) is 6.92 Å². The molecule has 0 fully saturated rings. The number of rotatable bonds is 4. The molecule has 0 atom stereocenters. The highest BCUT2D eigenvalue weighted by molar-refractivity contribution is 6.21. The van der Waals surface area contributed by atoms with Crippen molar-refractivity contribution in [2.24, 2.45) is 0 Å². The Bertz CT molecular complexity index is 478. The van der Waals surface area contributed by atoms with Gasteiger partial charge in [0, 0.05) is 12.7 Å². The second kappa shape index (κ2) is 4.95. The molecule has 2 heterocycles. The number of fused-ring (bicyclic) bond motifs is 1. The molecule has 6 nitrogen and oxygen atoms in total. The van der Waals surface area contributed by atoms with Crippen LogP contribution in [0.3, 0.4) is 0 Å². The maximum atomic E-state index is 11.9. The predicted molar refractivity (Wildman–Crippen MR) is 62.9 cm³/mol. The number of carbonyl (C=O) groups is 3. The van der Waals surface area contributed by atoms with Crippen molar-refractivity contribution in [3.63, 3.8) is 0 Å². The van der Waals surface area contributed by atoms with Crippen LogP contribution in [0, 0.1) is 0 Å². The zero-order valence-corrected chi connectivity index (χ0v) is 9.97. The summed E-state index contributed by atoms with van der Waals surface area (Å²) < 4.78 is 0. The molecular formula is C12H13N3O3. The summed E-state index contributed by atoms with van der Waals surface area (Å²) >= 11 is 0. The number of hydrogen-bond acceptors (Lipinski definition) is 4. The van der Waals surface area contributed by atoms with E-state index in [1.165, 1.54) is 12.3 Å². The SMILES string of the molecule is CCCNC(=O)CN1C(=O)c2cccnc2C1=O. The Morgan fingerprint density at radius 1 is 1.39 bits per heavy atom. The monoisotopic (exact) mass is 247 g/mol. The zero-order chi connectivity index (χ0) is 13.1. The molecule has 0 saturated heterocycles. The highest BCUT2D eigenvalue weighted by atomic mass is 16.2. The van der Waals surface area contributed by atoms with Crippen LogP contribution in [0.25, 0.3) is 0 Å². The first-order valence-electron chi connectivity index (χ1n) is 5.73. The van der Waals surface area contributed by atoms with E-state index < -0.39 is 11.8 Å². The molecule has 0 aliphatic carbocycles. The van der Waals surface area contributed by atoms with Crippen LogP contribution in [0.1, 0.15) is 34.2 Å². The third-order valence-electron chi connectivity index (χ3n) is 2.60. The lowest BCUT2D eigenvalue weighted by atomic mass is 10.2. The average Bonchev–Trinajstić information content (AvgIpc) is 2.62. The predicted octanol–water partition coefficient (Wildman–Crippen LogP) is 0.204. The second-order valence-electron chi connectivity index (χ2n) is 3.95. The van der Waals surface area contributed by atoms with Gasteiger partial charge in [-0.2, -0.15) is 0 Å². The number of imide groups is 1. The Morgan fingerprint density at radius 2 is 2.17 bits per heavy atom. The summed E-state index contributed by atoms with van der Waals surface area (Å²) in [7, 11) is 0. The smallest absolute Gasteiger partial charge is 0.280 e. The Morgan fingerprint density at radius 3 is 2.83 bits per heavy atom. The van der Waals surface area contributed by atoms with Gasteiger partial charge in [0.05, 0.1) is 5.56 Å². The van der Waals surface area contributed by atoms with Crippen molar-refractivity contribution in [1.29, 1.82) is 0 Å². The van der Waals surface area contributed by atoms with Crippen LogP contribution >= 0.6 is 0 Å². The third kappa shape index (κ3) is 2.09. The van der Waals surface area contributed by atoms with E-state index in [1.54, 1.807) is 6.07 Å². The quantitative estimate of drug-likeness (QED) is 0.771. The molecule has 94 valence electrons. The average molecular weight is 247 g/mol. The van der Waals surface area contributed by atoms with Crippen molar-refractivity contribution >= 4 is 17.7 Å². The van der Waals surface area contributed by atoms with E-state index >= 15 is 0 Å². The molecule has 0 unspecified atom stereocenters. The number of aromatic nitrogens is 1. The van der Waals surface area contributed by atoms with Gasteiger partial charge in [-0.3, -0.25) is 24.3 Å². The fraction of sp³-hybridized carbons (Fsp3) is 0.333. The first-order valence-corrected chi connectivity index (χ1v) is 5.73. The van der Waals surface area contributed by atoms with Gasteiger partial charge < -0.3 is 5.32 Å². The van der Waals surface area contributed by atoms with Gasteiger partial charge in [0.25, 0.3) is 11.8 Å². The molecule has 1 N–H and O–H groups in total. The molecule has 1 aliphatic heterocycles. The van der Waals surface area contributed by atoms with E-state index in [0.717, 1.165) is 11.3 Å². The normalized spacial score (nSPS) is 13.7. The second-order valence-corrected chi connectivity index (χ2v) is 3.95. The first kappa shape index (κ1) is 12.2. The Kier molecular flexibility index (Phi) is 3.36. The van der Waals surface area contributed by atoms with Crippen molar-refractivity contribution in [2.45, 2.75) is 13.3 Å². The highest BCUT2D eigenvalue weighted by Crippen LogP contribution is 2.19. The van der Waals surface area contributed by atoms with Crippen LogP contribution in [-0.2, 0) is 4.79 Å². The van der Waals surface area contributed by atoms with Crippen LogP contribution in [0.4, 0.5) is 0 Å². The van der Waals surface area contributed by atoms with E-state index in [-0.39, 0.29) is 23.7 Å². The lowest BCUT2D eigenvalue weighted by Crippen LogP contribution is -2.40. The summed E-state index contributed by atoms with van der Waals surface area (Å²) in [4.78, 5) is 40.1. The van der Waals surface area contributed by atoms with Crippen LogP contribution in [0.2, 0.25) is 0 Å². The highest BCUT2D eigenvalue weighted by Gasteiger charge is 2.37. The first-order chi connectivity index (χ1) is 8.65. The molecule has 0 spiro atoms. The molecule has 0 bridgehead atoms. The minimum absolute atomic E-state index is 0.116. The van der Waals surface area contributed by atoms with Gasteiger partial charge in [0.2, 0.25) is 5.91 Å². The minimum Gasteiger partial charge on any atom is -0.355 e. The largest absolute Gasteiger partial charge is 0.355 e. The summed E-state index contributed by atoms with van der Waals surface area (Å²) in [5, 5.41) is 2.62. The molecule has 18 heavy (non-hydrogen) atoms. The summed E-state index contributed by atoms with van der Waals surface area (Å²) in [6.45, 7) is 2.19. The Hall–Kier alpha value is -2.24. The van der Waals surface area contributed by atoms with Gasteiger partial charge >= 0.3 is 0 Å². The Balaban J connectivity index is 2.11. The van der Waals surface area contributed by atoms with Crippen molar-refractivity contribution in [3.05, 3.63) is 29.6 Å². The van der Waals surface area contributed by atoms with Gasteiger partial charge in [-0.15, -0.1) is 0 Å². The molecule has 1 aromatic rings. The molecule has 3 amide bonds. The summed E-state index contributed by atoms with van der Waals surface area (Å²) in [6, 6.07) is 3.12. The van der Waals surface area contributed by atoms with Crippen LogP contribution in [0.5, 0.6) is 0 Å². The van der Waals surface area contributed by atoms with Gasteiger partial charge in [0.15, 0.2) is 0 Å². The van der Waals surface area contributed by atoms with Crippen molar-refractivity contribution < 1.29 is 14.4 Å². The number of hydrogen-bond donors (Lipinski definition) is 1. The summed E-state index contributed by atoms with van der Waals surface area (Å²) in [5.41, 5.74) is 0.372. The number of amides is 3. The molecule has 6 heteroatoms. The summed E-state index contributed by atoms with van der Waals surface area (Å²) in [5.74, 6) is -1.32. The van der Waals surface area contributed by atoms with Crippen molar-refractivity contribution in [2.75, 3.05) is 13.1 Å². The molecule has 1 aliphatic rings. The van der Waals surface area contributed by atoms with Gasteiger partial charge in [-0.25, -0.2) is 0 Å². The third-order valence-corrected chi connectivity index (χ3v) is 2.60. The standard InChI is InChI=1S/C12H13N3O3/c1-2-5-13-9(16)7-15-11(17)8-4-3-6-14-10(8)12(15)18/h3-4,6H,2,5,7H2,1H3,(H,13,16). The van der Waals surface area contributed by atoms with Crippen LogP contribution in [-0.4, -0.2) is 40.7 Å². The van der Waals surface area contributed by atoms with Gasteiger partial charge in [0.1, 0.15) is 12.2 Å². The summed E-state index contributed by atoms with van der Waals surface area (Å²) in [6.07, 6.45) is 2.25. The van der Waals surface area contributed by atoms with Gasteiger partial charge in [-0.05, 0) is 18.6 Å². The number of carbonyl (C=O) groups excluding carboxylic acids is 3. The molecule has 0 saturated carbocycles. The van der Waals surface area contributed by atoms with Crippen LogP contribution in [0.15, 0.2) is 18.3 Å². The fourth-order valence-electron chi connectivity index (χ4n) is 1.72. The minimum atomic E-state index is -0.512. The fourth-order valence-corrected chi connectivity index (χ4v) is 1.72. The number of pyridine rings is 1. The lowest BCUT2D eigenvalue weighted by molar-refractivity contribution is -0.121. The molecule has 0 radical (unpaired) electrons. The van der Waals surface area contributed by atoms with E-state index in [0.29, 0.717) is 6.54 Å². The lowest BCUT2D eigenvalue weighted by Gasteiger charge is -2.12. The number of nitrogens with one attached hydrogen (secondary N) is 1. The maximum absolute atomic E-state index is 11.9.